The Morgan fingerprint density at radius 1 is 1.06 bits per heavy atom. The molecule has 7 nitrogen and oxygen atoms in total. The number of fused-ring (bicyclic) bond motifs is 1. The van der Waals surface area contributed by atoms with Crippen molar-refractivity contribution in [2.45, 2.75) is 26.3 Å². The highest BCUT2D eigenvalue weighted by Gasteiger charge is 2.34. The smallest absolute Gasteiger partial charge is 0.253 e. The summed E-state index contributed by atoms with van der Waals surface area (Å²) in [6.45, 7) is 6.39. The highest BCUT2D eigenvalue weighted by Crippen LogP contribution is 2.35. The van der Waals surface area contributed by atoms with Gasteiger partial charge in [0.15, 0.2) is 0 Å². The molecule has 8 heteroatoms. The SMILES string of the molecule is CCS(=O)(=O)N1c2ccc(C(=O)N3CCN(c4ccc(OC)cc4)CC3)cc2C[C@H]1C. The zero-order chi connectivity index (χ0) is 22.2. The minimum absolute atomic E-state index is 0.00151. The van der Waals surface area contributed by atoms with Crippen molar-refractivity contribution in [3.8, 4) is 5.75 Å². The molecule has 4 rings (SSSR count). The van der Waals surface area contributed by atoms with Crippen molar-refractivity contribution in [2.24, 2.45) is 0 Å². The van der Waals surface area contributed by atoms with Crippen LogP contribution in [-0.4, -0.2) is 64.3 Å². The fourth-order valence-electron chi connectivity index (χ4n) is 4.44. The number of hydrogen-bond donors (Lipinski definition) is 0. The first kappa shape index (κ1) is 21.5. The third-order valence-electron chi connectivity index (χ3n) is 6.15. The lowest BCUT2D eigenvalue weighted by Gasteiger charge is -2.36. The van der Waals surface area contributed by atoms with Gasteiger partial charge in [0.2, 0.25) is 10.0 Å². The van der Waals surface area contributed by atoms with Gasteiger partial charge in [0, 0.05) is 43.5 Å². The third-order valence-corrected chi connectivity index (χ3v) is 8.03. The van der Waals surface area contributed by atoms with Gasteiger partial charge in [0.25, 0.3) is 5.91 Å². The Hall–Kier alpha value is -2.74. The van der Waals surface area contributed by atoms with Crippen molar-refractivity contribution in [1.29, 1.82) is 0 Å². The molecule has 2 heterocycles. The second-order valence-corrected chi connectivity index (χ2v) is 10.2. The zero-order valence-corrected chi connectivity index (χ0v) is 19.1. The van der Waals surface area contributed by atoms with Gasteiger partial charge < -0.3 is 14.5 Å². The van der Waals surface area contributed by atoms with Gasteiger partial charge in [0.1, 0.15) is 5.75 Å². The highest BCUT2D eigenvalue weighted by molar-refractivity contribution is 7.92. The number of carbonyl (C=O) groups excluding carboxylic acids is 1. The van der Waals surface area contributed by atoms with E-state index in [9.17, 15) is 13.2 Å². The van der Waals surface area contributed by atoms with Gasteiger partial charge in [-0.15, -0.1) is 0 Å². The Kier molecular flexibility index (Phi) is 5.83. The minimum atomic E-state index is -3.33. The average molecular weight is 444 g/mol. The highest BCUT2D eigenvalue weighted by atomic mass is 32.2. The number of benzene rings is 2. The van der Waals surface area contributed by atoms with Gasteiger partial charge in [-0.05, 0) is 68.3 Å². The molecule has 0 radical (unpaired) electrons. The quantitative estimate of drug-likeness (QED) is 0.711. The lowest BCUT2D eigenvalue weighted by Crippen LogP contribution is -2.48. The lowest BCUT2D eigenvalue weighted by molar-refractivity contribution is 0.0746. The van der Waals surface area contributed by atoms with Gasteiger partial charge in [-0.2, -0.15) is 0 Å². The predicted molar refractivity (Wildman–Crippen MR) is 123 cm³/mol. The number of hydrogen-bond acceptors (Lipinski definition) is 5. The molecule has 2 aliphatic rings. The van der Waals surface area contributed by atoms with E-state index in [-0.39, 0.29) is 17.7 Å². The van der Waals surface area contributed by atoms with E-state index in [0.717, 1.165) is 30.1 Å². The van der Waals surface area contributed by atoms with Crippen molar-refractivity contribution in [3.63, 3.8) is 0 Å². The van der Waals surface area contributed by atoms with Gasteiger partial charge in [-0.1, -0.05) is 0 Å². The normalized spacial score (nSPS) is 18.8. The van der Waals surface area contributed by atoms with Gasteiger partial charge in [-0.25, -0.2) is 8.42 Å². The number of anilines is 2. The molecule has 0 saturated carbocycles. The number of piperazine rings is 1. The Bertz CT molecular complexity index is 1060. The van der Waals surface area contributed by atoms with Crippen LogP contribution in [0.3, 0.4) is 0 Å². The molecule has 2 aromatic carbocycles. The summed E-state index contributed by atoms with van der Waals surface area (Å²) in [6.07, 6.45) is 0.626. The molecule has 0 aromatic heterocycles. The molecule has 1 atom stereocenters. The Morgan fingerprint density at radius 3 is 2.35 bits per heavy atom. The average Bonchev–Trinajstić information content (AvgIpc) is 3.14. The van der Waals surface area contributed by atoms with Gasteiger partial charge in [-0.3, -0.25) is 9.10 Å². The Labute approximate surface area is 184 Å². The number of sulfonamides is 1. The van der Waals surface area contributed by atoms with E-state index in [1.807, 2.05) is 42.2 Å². The molecule has 0 unspecified atom stereocenters. The summed E-state index contributed by atoms with van der Waals surface area (Å²) in [4.78, 5) is 17.2. The molecule has 0 N–H and O–H groups in total. The fourth-order valence-corrected chi connectivity index (χ4v) is 5.82. The number of nitrogens with zero attached hydrogens (tertiary/aromatic N) is 3. The van der Waals surface area contributed by atoms with Crippen LogP contribution in [0.25, 0.3) is 0 Å². The summed E-state index contributed by atoms with van der Waals surface area (Å²) >= 11 is 0. The first-order valence-electron chi connectivity index (χ1n) is 10.7. The molecular formula is C23H29N3O4S. The Morgan fingerprint density at radius 2 is 1.74 bits per heavy atom. The van der Waals surface area contributed by atoms with Crippen LogP contribution < -0.4 is 13.9 Å². The van der Waals surface area contributed by atoms with Crippen molar-refractivity contribution >= 4 is 27.3 Å². The van der Waals surface area contributed by atoms with E-state index >= 15 is 0 Å². The van der Waals surface area contributed by atoms with E-state index in [1.54, 1.807) is 26.2 Å². The van der Waals surface area contributed by atoms with Crippen LogP contribution in [0.15, 0.2) is 42.5 Å². The number of ether oxygens (including phenoxy) is 1. The fraction of sp³-hybridized carbons (Fsp3) is 0.435. The predicted octanol–water partition coefficient (Wildman–Crippen LogP) is 2.76. The van der Waals surface area contributed by atoms with Crippen LogP contribution >= 0.6 is 0 Å². The first-order chi connectivity index (χ1) is 14.8. The molecule has 2 aromatic rings. The summed E-state index contributed by atoms with van der Waals surface area (Å²) in [7, 11) is -1.67. The summed E-state index contributed by atoms with van der Waals surface area (Å²) in [5, 5.41) is 0. The summed E-state index contributed by atoms with van der Waals surface area (Å²) in [5.41, 5.74) is 3.37. The maximum atomic E-state index is 13.1. The van der Waals surface area contributed by atoms with E-state index < -0.39 is 10.0 Å². The molecule has 31 heavy (non-hydrogen) atoms. The first-order valence-corrected chi connectivity index (χ1v) is 12.3. The molecule has 1 saturated heterocycles. The van der Waals surface area contributed by atoms with Crippen molar-refractivity contribution < 1.29 is 17.9 Å². The van der Waals surface area contributed by atoms with Crippen LogP contribution in [0.2, 0.25) is 0 Å². The second kappa shape index (κ2) is 8.42. The van der Waals surface area contributed by atoms with Crippen molar-refractivity contribution in [1.82, 2.24) is 4.90 Å². The number of carbonyl (C=O) groups is 1. The third kappa shape index (κ3) is 4.08. The number of rotatable bonds is 5. The van der Waals surface area contributed by atoms with E-state index in [0.29, 0.717) is 30.8 Å². The molecule has 1 fully saturated rings. The van der Waals surface area contributed by atoms with Crippen LogP contribution in [0.1, 0.15) is 29.8 Å². The molecular weight excluding hydrogens is 414 g/mol. The monoisotopic (exact) mass is 443 g/mol. The van der Waals surface area contributed by atoms with Crippen LogP contribution in [0.4, 0.5) is 11.4 Å². The summed E-state index contributed by atoms with van der Waals surface area (Å²) < 4.78 is 31.6. The van der Waals surface area contributed by atoms with E-state index in [1.165, 1.54) is 4.31 Å². The van der Waals surface area contributed by atoms with Gasteiger partial charge in [0.05, 0.1) is 18.6 Å². The summed E-state index contributed by atoms with van der Waals surface area (Å²) in [5.74, 6) is 0.895. The van der Waals surface area contributed by atoms with Crippen molar-refractivity contribution in [3.05, 3.63) is 53.6 Å². The Balaban J connectivity index is 1.45. The summed E-state index contributed by atoms with van der Waals surface area (Å²) in [6, 6.07) is 13.2. The molecule has 0 bridgehead atoms. The number of methoxy groups -OCH3 is 1. The van der Waals surface area contributed by atoms with Crippen LogP contribution in [0, 0.1) is 0 Å². The lowest BCUT2D eigenvalue weighted by atomic mass is 10.1. The molecule has 1 amide bonds. The zero-order valence-electron chi connectivity index (χ0n) is 18.2. The van der Waals surface area contributed by atoms with E-state index in [2.05, 4.69) is 4.90 Å². The van der Waals surface area contributed by atoms with Crippen LogP contribution in [-0.2, 0) is 16.4 Å². The van der Waals surface area contributed by atoms with Crippen LogP contribution in [0.5, 0.6) is 5.75 Å². The number of amides is 1. The maximum Gasteiger partial charge on any atom is 0.253 e. The molecule has 0 spiro atoms. The topological polar surface area (TPSA) is 70.2 Å². The van der Waals surface area contributed by atoms with Gasteiger partial charge >= 0.3 is 0 Å². The molecule has 166 valence electrons. The molecule has 0 aliphatic carbocycles. The maximum absolute atomic E-state index is 13.1. The largest absolute Gasteiger partial charge is 0.497 e. The van der Waals surface area contributed by atoms with Crippen molar-refractivity contribution in [2.75, 3.05) is 48.2 Å². The molecule has 2 aliphatic heterocycles. The second-order valence-electron chi connectivity index (χ2n) is 8.07. The van der Waals surface area contributed by atoms with E-state index in [4.69, 9.17) is 4.74 Å². The minimum Gasteiger partial charge on any atom is -0.497 e. The standard InChI is InChI=1S/C23H29N3O4S/c1-4-31(28,29)26-17(2)15-19-16-18(5-10-22(19)26)23(27)25-13-11-24(12-14-25)20-6-8-21(30-3)9-7-20/h5-10,16-17H,4,11-15H2,1-3H3/t17-/m1/s1.